The SMILES string of the molecule is Cc1cc(Br)ccc1Oc1cc(CNCC(C)C)ccn1. The fourth-order valence-corrected chi connectivity index (χ4v) is 2.44. The van der Waals surface area contributed by atoms with Crippen LogP contribution in [0.25, 0.3) is 0 Å². The molecule has 2 rings (SSSR count). The summed E-state index contributed by atoms with van der Waals surface area (Å²) in [7, 11) is 0. The van der Waals surface area contributed by atoms with Crippen LogP contribution in [0.1, 0.15) is 25.0 Å². The number of rotatable bonds is 6. The van der Waals surface area contributed by atoms with Crippen molar-refractivity contribution in [1.29, 1.82) is 0 Å². The van der Waals surface area contributed by atoms with E-state index in [1.54, 1.807) is 6.20 Å². The van der Waals surface area contributed by atoms with Crippen molar-refractivity contribution in [2.75, 3.05) is 6.54 Å². The average molecular weight is 349 g/mol. The Morgan fingerprint density at radius 2 is 2.05 bits per heavy atom. The topological polar surface area (TPSA) is 34.1 Å². The maximum atomic E-state index is 5.87. The fraction of sp³-hybridized carbons (Fsp3) is 0.353. The molecule has 112 valence electrons. The summed E-state index contributed by atoms with van der Waals surface area (Å²) >= 11 is 3.45. The number of hydrogen-bond acceptors (Lipinski definition) is 3. The van der Waals surface area contributed by atoms with Gasteiger partial charge >= 0.3 is 0 Å². The molecule has 0 atom stereocenters. The molecule has 21 heavy (non-hydrogen) atoms. The summed E-state index contributed by atoms with van der Waals surface area (Å²) in [6.07, 6.45) is 1.79. The summed E-state index contributed by atoms with van der Waals surface area (Å²) in [5, 5.41) is 3.42. The van der Waals surface area contributed by atoms with Gasteiger partial charge in [-0.05, 0) is 54.8 Å². The zero-order valence-electron chi connectivity index (χ0n) is 12.7. The Hall–Kier alpha value is -1.39. The van der Waals surface area contributed by atoms with E-state index < -0.39 is 0 Å². The number of benzene rings is 1. The van der Waals surface area contributed by atoms with Crippen molar-refractivity contribution in [3.05, 3.63) is 52.1 Å². The lowest BCUT2D eigenvalue weighted by Gasteiger charge is -2.10. The second-order valence-corrected chi connectivity index (χ2v) is 6.45. The Morgan fingerprint density at radius 3 is 2.76 bits per heavy atom. The van der Waals surface area contributed by atoms with Gasteiger partial charge < -0.3 is 10.1 Å². The predicted molar refractivity (Wildman–Crippen MR) is 89.7 cm³/mol. The molecule has 0 bridgehead atoms. The van der Waals surface area contributed by atoms with Crippen LogP contribution in [0.4, 0.5) is 0 Å². The molecule has 0 aliphatic carbocycles. The second kappa shape index (κ2) is 7.57. The van der Waals surface area contributed by atoms with Gasteiger partial charge in [0, 0.05) is 23.3 Å². The number of hydrogen-bond donors (Lipinski definition) is 1. The summed E-state index contributed by atoms with van der Waals surface area (Å²) in [6, 6.07) is 9.94. The van der Waals surface area contributed by atoms with E-state index in [0.29, 0.717) is 11.8 Å². The zero-order valence-corrected chi connectivity index (χ0v) is 14.3. The van der Waals surface area contributed by atoms with Gasteiger partial charge in [0.2, 0.25) is 5.88 Å². The Labute approximate surface area is 134 Å². The van der Waals surface area contributed by atoms with Crippen LogP contribution in [0.3, 0.4) is 0 Å². The van der Waals surface area contributed by atoms with Crippen LogP contribution in [0.2, 0.25) is 0 Å². The monoisotopic (exact) mass is 348 g/mol. The highest BCUT2D eigenvalue weighted by molar-refractivity contribution is 9.10. The standard InChI is InChI=1S/C17H21BrN2O/c1-12(2)10-19-11-14-6-7-20-17(9-14)21-16-5-4-15(18)8-13(16)3/h4-9,12,19H,10-11H2,1-3H3. The molecule has 0 fully saturated rings. The molecule has 1 aromatic heterocycles. The number of nitrogens with one attached hydrogen (secondary N) is 1. The van der Waals surface area contributed by atoms with Crippen molar-refractivity contribution < 1.29 is 4.74 Å². The fourth-order valence-electron chi connectivity index (χ4n) is 1.96. The molecule has 0 saturated heterocycles. The van der Waals surface area contributed by atoms with E-state index >= 15 is 0 Å². The van der Waals surface area contributed by atoms with Crippen LogP contribution >= 0.6 is 15.9 Å². The van der Waals surface area contributed by atoms with Crippen molar-refractivity contribution in [1.82, 2.24) is 10.3 Å². The molecular formula is C17H21BrN2O. The number of ether oxygens (including phenoxy) is 1. The number of nitrogens with zero attached hydrogens (tertiary/aromatic N) is 1. The van der Waals surface area contributed by atoms with E-state index in [1.165, 1.54) is 5.56 Å². The Bertz CT molecular complexity index is 599. The van der Waals surface area contributed by atoms with Crippen LogP contribution in [0, 0.1) is 12.8 Å². The molecule has 0 amide bonds. The van der Waals surface area contributed by atoms with E-state index in [1.807, 2.05) is 37.3 Å². The first-order chi connectivity index (χ1) is 10.0. The van der Waals surface area contributed by atoms with Crippen LogP contribution in [0.5, 0.6) is 11.6 Å². The van der Waals surface area contributed by atoms with Gasteiger partial charge in [0.25, 0.3) is 0 Å². The van der Waals surface area contributed by atoms with E-state index in [9.17, 15) is 0 Å². The lowest BCUT2D eigenvalue weighted by molar-refractivity contribution is 0.458. The predicted octanol–water partition coefficient (Wildman–Crippen LogP) is 4.69. The molecular weight excluding hydrogens is 328 g/mol. The molecule has 0 saturated carbocycles. The first kappa shape index (κ1) is 16.0. The molecule has 1 heterocycles. The summed E-state index contributed by atoms with van der Waals surface area (Å²) < 4.78 is 6.92. The van der Waals surface area contributed by atoms with Gasteiger partial charge in [0.15, 0.2) is 0 Å². The second-order valence-electron chi connectivity index (χ2n) is 5.54. The van der Waals surface area contributed by atoms with Crippen molar-refractivity contribution >= 4 is 15.9 Å². The third-order valence-corrected chi connectivity index (χ3v) is 3.53. The maximum absolute atomic E-state index is 5.87. The summed E-state index contributed by atoms with van der Waals surface area (Å²) in [5.74, 6) is 2.11. The number of pyridine rings is 1. The zero-order chi connectivity index (χ0) is 15.2. The van der Waals surface area contributed by atoms with Gasteiger partial charge in [-0.25, -0.2) is 4.98 Å². The summed E-state index contributed by atoms with van der Waals surface area (Å²) in [5.41, 5.74) is 2.25. The third kappa shape index (κ3) is 5.14. The minimum Gasteiger partial charge on any atom is -0.439 e. The van der Waals surface area contributed by atoms with Crippen molar-refractivity contribution in [3.8, 4) is 11.6 Å². The smallest absolute Gasteiger partial charge is 0.219 e. The summed E-state index contributed by atoms with van der Waals surface area (Å²) in [4.78, 5) is 4.28. The molecule has 0 spiro atoms. The van der Waals surface area contributed by atoms with Gasteiger partial charge in [-0.15, -0.1) is 0 Å². The quantitative estimate of drug-likeness (QED) is 0.822. The minimum atomic E-state index is 0.629. The molecule has 3 nitrogen and oxygen atoms in total. The van der Waals surface area contributed by atoms with Crippen LogP contribution in [-0.2, 0) is 6.54 Å². The first-order valence-corrected chi connectivity index (χ1v) is 7.93. The normalized spacial score (nSPS) is 10.9. The van der Waals surface area contributed by atoms with Crippen molar-refractivity contribution in [2.24, 2.45) is 5.92 Å². The Kier molecular flexibility index (Phi) is 5.76. The maximum Gasteiger partial charge on any atom is 0.219 e. The lowest BCUT2D eigenvalue weighted by Crippen LogP contribution is -2.18. The van der Waals surface area contributed by atoms with Gasteiger partial charge in [0.05, 0.1) is 0 Å². The van der Waals surface area contributed by atoms with E-state index in [4.69, 9.17) is 4.74 Å². The van der Waals surface area contributed by atoms with Gasteiger partial charge in [0.1, 0.15) is 5.75 Å². The first-order valence-electron chi connectivity index (χ1n) is 7.14. The number of aryl methyl sites for hydroxylation is 1. The molecule has 4 heteroatoms. The highest BCUT2D eigenvalue weighted by atomic mass is 79.9. The van der Waals surface area contributed by atoms with Crippen LogP contribution in [0.15, 0.2) is 41.0 Å². The minimum absolute atomic E-state index is 0.629. The molecule has 1 N–H and O–H groups in total. The van der Waals surface area contributed by atoms with E-state index in [-0.39, 0.29) is 0 Å². The molecule has 0 radical (unpaired) electrons. The van der Waals surface area contributed by atoms with Gasteiger partial charge in [-0.2, -0.15) is 0 Å². The summed E-state index contributed by atoms with van der Waals surface area (Å²) in [6.45, 7) is 8.25. The highest BCUT2D eigenvalue weighted by Crippen LogP contribution is 2.26. The Morgan fingerprint density at radius 1 is 1.24 bits per heavy atom. The number of aromatic nitrogens is 1. The number of halogens is 1. The molecule has 0 aliphatic rings. The van der Waals surface area contributed by atoms with Crippen molar-refractivity contribution in [3.63, 3.8) is 0 Å². The van der Waals surface area contributed by atoms with E-state index in [2.05, 4.69) is 40.1 Å². The molecule has 0 aliphatic heterocycles. The molecule has 2 aromatic rings. The molecule has 1 aromatic carbocycles. The largest absolute Gasteiger partial charge is 0.439 e. The van der Waals surface area contributed by atoms with Gasteiger partial charge in [-0.3, -0.25) is 0 Å². The van der Waals surface area contributed by atoms with E-state index in [0.717, 1.165) is 28.9 Å². The highest BCUT2D eigenvalue weighted by Gasteiger charge is 2.04. The van der Waals surface area contributed by atoms with Crippen LogP contribution in [-0.4, -0.2) is 11.5 Å². The lowest BCUT2D eigenvalue weighted by atomic mass is 10.2. The third-order valence-electron chi connectivity index (χ3n) is 3.03. The Balaban J connectivity index is 2.03. The van der Waals surface area contributed by atoms with Gasteiger partial charge in [-0.1, -0.05) is 29.8 Å². The van der Waals surface area contributed by atoms with Crippen molar-refractivity contribution in [2.45, 2.75) is 27.3 Å². The molecule has 0 unspecified atom stereocenters. The van der Waals surface area contributed by atoms with Crippen LogP contribution < -0.4 is 10.1 Å². The average Bonchev–Trinajstić information content (AvgIpc) is 2.42.